The lowest BCUT2D eigenvalue weighted by Crippen LogP contribution is -2.31. The van der Waals surface area contributed by atoms with E-state index in [0.717, 1.165) is 17.6 Å². The van der Waals surface area contributed by atoms with Crippen molar-refractivity contribution in [1.82, 2.24) is 9.80 Å². The molecule has 1 aromatic rings. The number of halogens is 1. The molecule has 0 unspecified atom stereocenters. The SMILES string of the molecule is CN(CCN1CCCC1)Cc1ccc(Br)cc1. The van der Waals surface area contributed by atoms with Crippen LogP contribution in [0.5, 0.6) is 0 Å². The van der Waals surface area contributed by atoms with Crippen molar-refractivity contribution in [2.75, 3.05) is 33.2 Å². The van der Waals surface area contributed by atoms with Crippen molar-refractivity contribution < 1.29 is 0 Å². The van der Waals surface area contributed by atoms with Crippen LogP contribution in [-0.4, -0.2) is 43.0 Å². The molecule has 3 heteroatoms. The molecule has 1 fully saturated rings. The maximum absolute atomic E-state index is 3.47. The third kappa shape index (κ3) is 4.41. The summed E-state index contributed by atoms with van der Waals surface area (Å²) in [6.45, 7) is 6.02. The van der Waals surface area contributed by atoms with Crippen LogP contribution in [0.15, 0.2) is 28.7 Å². The second kappa shape index (κ2) is 6.53. The van der Waals surface area contributed by atoms with Gasteiger partial charge in [-0.15, -0.1) is 0 Å². The monoisotopic (exact) mass is 296 g/mol. The van der Waals surface area contributed by atoms with Gasteiger partial charge in [0.05, 0.1) is 0 Å². The predicted octanol–water partition coefficient (Wildman–Crippen LogP) is 2.98. The Hall–Kier alpha value is -0.380. The first-order valence-corrected chi connectivity index (χ1v) is 7.19. The minimum atomic E-state index is 1.04. The maximum Gasteiger partial charge on any atom is 0.0231 e. The van der Waals surface area contributed by atoms with E-state index in [-0.39, 0.29) is 0 Å². The Morgan fingerprint density at radius 3 is 2.47 bits per heavy atom. The predicted molar refractivity (Wildman–Crippen MR) is 76.2 cm³/mol. The number of nitrogens with zero attached hydrogens (tertiary/aromatic N) is 2. The van der Waals surface area contributed by atoms with E-state index in [4.69, 9.17) is 0 Å². The highest BCUT2D eigenvalue weighted by Gasteiger charge is 2.11. The first-order chi connectivity index (χ1) is 8.24. The summed E-state index contributed by atoms with van der Waals surface area (Å²) in [5, 5.41) is 0. The summed E-state index contributed by atoms with van der Waals surface area (Å²) < 4.78 is 1.15. The average Bonchev–Trinajstić information content (AvgIpc) is 2.83. The fourth-order valence-corrected chi connectivity index (χ4v) is 2.56. The van der Waals surface area contributed by atoms with Crippen LogP contribution in [0.1, 0.15) is 18.4 Å². The zero-order valence-electron chi connectivity index (χ0n) is 10.5. The highest BCUT2D eigenvalue weighted by Crippen LogP contribution is 2.12. The van der Waals surface area contributed by atoms with Gasteiger partial charge in [-0.1, -0.05) is 28.1 Å². The van der Waals surface area contributed by atoms with Crippen molar-refractivity contribution in [3.05, 3.63) is 34.3 Å². The minimum Gasteiger partial charge on any atom is -0.302 e. The lowest BCUT2D eigenvalue weighted by atomic mass is 10.2. The second-order valence-corrected chi connectivity index (χ2v) is 5.83. The first-order valence-electron chi connectivity index (χ1n) is 6.39. The van der Waals surface area contributed by atoms with E-state index in [1.54, 1.807) is 0 Å². The fourth-order valence-electron chi connectivity index (χ4n) is 2.30. The molecule has 0 N–H and O–H groups in total. The fraction of sp³-hybridized carbons (Fsp3) is 0.571. The molecule has 1 aliphatic rings. The van der Waals surface area contributed by atoms with Gasteiger partial charge in [0.25, 0.3) is 0 Å². The summed E-state index contributed by atoms with van der Waals surface area (Å²) in [6, 6.07) is 8.61. The number of benzene rings is 1. The van der Waals surface area contributed by atoms with Gasteiger partial charge in [0.2, 0.25) is 0 Å². The average molecular weight is 297 g/mol. The Labute approximate surface area is 113 Å². The quantitative estimate of drug-likeness (QED) is 0.824. The molecule has 0 aliphatic carbocycles. The second-order valence-electron chi connectivity index (χ2n) is 4.91. The van der Waals surface area contributed by atoms with Crippen LogP contribution in [0, 0.1) is 0 Å². The van der Waals surface area contributed by atoms with Crippen LogP contribution >= 0.6 is 15.9 Å². The van der Waals surface area contributed by atoms with Crippen molar-refractivity contribution in [2.24, 2.45) is 0 Å². The van der Waals surface area contributed by atoms with Crippen molar-refractivity contribution >= 4 is 15.9 Å². The van der Waals surface area contributed by atoms with Gasteiger partial charge in [-0.25, -0.2) is 0 Å². The first kappa shape index (κ1) is 13.1. The molecule has 0 spiro atoms. The number of hydrogen-bond acceptors (Lipinski definition) is 2. The van der Waals surface area contributed by atoms with E-state index in [1.807, 2.05) is 0 Å². The van der Waals surface area contributed by atoms with Crippen LogP contribution in [0.2, 0.25) is 0 Å². The van der Waals surface area contributed by atoms with E-state index in [9.17, 15) is 0 Å². The molecule has 0 radical (unpaired) electrons. The summed E-state index contributed by atoms with van der Waals surface area (Å²) >= 11 is 3.47. The zero-order valence-corrected chi connectivity index (χ0v) is 12.1. The van der Waals surface area contributed by atoms with Crippen molar-refractivity contribution in [3.63, 3.8) is 0 Å². The zero-order chi connectivity index (χ0) is 12.1. The Kier molecular flexibility index (Phi) is 5.01. The minimum absolute atomic E-state index is 1.04. The molecule has 0 aromatic heterocycles. The molecule has 1 saturated heterocycles. The van der Waals surface area contributed by atoms with Gasteiger partial charge in [0.1, 0.15) is 0 Å². The lowest BCUT2D eigenvalue weighted by Gasteiger charge is -2.21. The van der Waals surface area contributed by atoms with Gasteiger partial charge >= 0.3 is 0 Å². The topological polar surface area (TPSA) is 6.48 Å². The van der Waals surface area contributed by atoms with Crippen LogP contribution < -0.4 is 0 Å². The smallest absolute Gasteiger partial charge is 0.0231 e. The molecular weight excluding hydrogens is 276 g/mol. The summed E-state index contributed by atoms with van der Waals surface area (Å²) in [5.74, 6) is 0. The van der Waals surface area contributed by atoms with Crippen LogP contribution in [0.4, 0.5) is 0 Å². The van der Waals surface area contributed by atoms with Crippen molar-refractivity contribution in [3.8, 4) is 0 Å². The van der Waals surface area contributed by atoms with Gasteiger partial charge in [-0.2, -0.15) is 0 Å². The Morgan fingerprint density at radius 1 is 1.18 bits per heavy atom. The van der Waals surface area contributed by atoms with E-state index in [2.05, 4.69) is 57.0 Å². The lowest BCUT2D eigenvalue weighted by molar-refractivity contribution is 0.252. The Balaban J connectivity index is 1.72. The standard InChI is InChI=1S/C14H21BrN2/c1-16(10-11-17-8-2-3-9-17)12-13-4-6-14(15)7-5-13/h4-7H,2-3,8-12H2,1H3. The number of rotatable bonds is 5. The number of likely N-dealkylation sites (N-methyl/N-ethyl adjacent to an activating group) is 1. The molecular formula is C14H21BrN2. The number of hydrogen-bond donors (Lipinski definition) is 0. The molecule has 0 saturated carbocycles. The number of likely N-dealkylation sites (tertiary alicyclic amines) is 1. The molecule has 0 amide bonds. The van der Waals surface area contributed by atoms with E-state index >= 15 is 0 Å². The van der Waals surface area contributed by atoms with Crippen LogP contribution in [-0.2, 0) is 6.54 Å². The van der Waals surface area contributed by atoms with Crippen molar-refractivity contribution in [2.45, 2.75) is 19.4 Å². The van der Waals surface area contributed by atoms with Gasteiger partial charge < -0.3 is 9.80 Å². The third-order valence-electron chi connectivity index (χ3n) is 3.36. The van der Waals surface area contributed by atoms with Gasteiger partial charge in [0.15, 0.2) is 0 Å². The summed E-state index contributed by atoms with van der Waals surface area (Å²) in [7, 11) is 2.21. The van der Waals surface area contributed by atoms with E-state index in [0.29, 0.717) is 0 Å². The molecule has 1 heterocycles. The summed E-state index contributed by atoms with van der Waals surface area (Å²) in [5.41, 5.74) is 1.39. The normalized spacial score (nSPS) is 16.9. The Morgan fingerprint density at radius 2 is 1.82 bits per heavy atom. The molecule has 2 rings (SSSR count). The van der Waals surface area contributed by atoms with Crippen LogP contribution in [0.3, 0.4) is 0 Å². The van der Waals surface area contributed by atoms with Crippen molar-refractivity contribution in [1.29, 1.82) is 0 Å². The molecule has 1 aliphatic heterocycles. The van der Waals surface area contributed by atoms with Crippen LogP contribution in [0.25, 0.3) is 0 Å². The molecule has 2 nitrogen and oxygen atoms in total. The molecule has 1 aromatic carbocycles. The van der Waals surface area contributed by atoms with Gasteiger partial charge in [-0.05, 0) is 50.7 Å². The molecule has 0 bridgehead atoms. The molecule has 94 valence electrons. The third-order valence-corrected chi connectivity index (χ3v) is 3.89. The summed E-state index contributed by atoms with van der Waals surface area (Å²) in [4.78, 5) is 4.97. The molecule has 0 atom stereocenters. The van der Waals surface area contributed by atoms with Gasteiger partial charge in [-0.3, -0.25) is 0 Å². The van der Waals surface area contributed by atoms with Gasteiger partial charge in [0, 0.05) is 24.1 Å². The maximum atomic E-state index is 3.47. The Bertz CT molecular complexity index is 331. The molecule has 17 heavy (non-hydrogen) atoms. The largest absolute Gasteiger partial charge is 0.302 e. The van der Waals surface area contributed by atoms with E-state index in [1.165, 1.54) is 38.0 Å². The van der Waals surface area contributed by atoms with E-state index < -0.39 is 0 Å². The highest BCUT2D eigenvalue weighted by atomic mass is 79.9. The highest BCUT2D eigenvalue weighted by molar-refractivity contribution is 9.10. The summed E-state index contributed by atoms with van der Waals surface area (Å²) in [6.07, 6.45) is 2.77.